The van der Waals surface area contributed by atoms with Crippen molar-refractivity contribution in [1.82, 2.24) is 9.78 Å². The molecular formula is C8H12N2O. The normalized spacial score (nSPS) is 22.5. The molecule has 1 aromatic rings. The fourth-order valence-electron chi connectivity index (χ4n) is 1.34. The molecule has 2 rings (SSSR count). The topological polar surface area (TPSA) is 27.1 Å². The van der Waals surface area contributed by atoms with Crippen LogP contribution in [0.5, 0.6) is 5.88 Å². The highest BCUT2D eigenvalue weighted by atomic mass is 16.5. The third-order valence-electron chi connectivity index (χ3n) is 1.87. The summed E-state index contributed by atoms with van der Waals surface area (Å²) in [7, 11) is 0. The van der Waals surface area contributed by atoms with Crippen LogP contribution in [0.15, 0.2) is 6.07 Å². The molecule has 0 unspecified atom stereocenters. The highest BCUT2D eigenvalue weighted by Gasteiger charge is 2.16. The first-order valence-electron chi connectivity index (χ1n) is 3.93. The van der Waals surface area contributed by atoms with E-state index in [1.54, 1.807) is 0 Å². The van der Waals surface area contributed by atoms with E-state index in [1.165, 1.54) is 0 Å². The lowest BCUT2D eigenvalue weighted by Crippen LogP contribution is -2.23. The van der Waals surface area contributed by atoms with Crippen LogP contribution >= 0.6 is 0 Å². The highest BCUT2D eigenvalue weighted by molar-refractivity contribution is 5.15. The van der Waals surface area contributed by atoms with Crippen LogP contribution in [0.2, 0.25) is 0 Å². The van der Waals surface area contributed by atoms with Gasteiger partial charge in [-0.15, -0.1) is 0 Å². The molecule has 60 valence electrons. The van der Waals surface area contributed by atoms with Crippen LogP contribution in [0.1, 0.15) is 12.6 Å². The Morgan fingerprint density at radius 1 is 1.73 bits per heavy atom. The van der Waals surface area contributed by atoms with Crippen LogP contribution in [-0.2, 0) is 6.54 Å². The first-order valence-corrected chi connectivity index (χ1v) is 3.93. The third-order valence-corrected chi connectivity index (χ3v) is 1.87. The lowest BCUT2D eigenvalue weighted by atomic mass is 10.2. The van der Waals surface area contributed by atoms with Gasteiger partial charge in [0.05, 0.1) is 18.8 Å². The maximum absolute atomic E-state index is 5.46. The van der Waals surface area contributed by atoms with Crippen LogP contribution in [0.25, 0.3) is 0 Å². The predicted molar refractivity (Wildman–Crippen MR) is 41.6 cm³/mol. The van der Waals surface area contributed by atoms with Crippen molar-refractivity contribution in [3.63, 3.8) is 0 Å². The number of aryl methyl sites for hydroxylation is 1. The van der Waals surface area contributed by atoms with Gasteiger partial charge in [-0.2, -0.15) is 5.10 Å². The van der Waals surface area contributed by atoms with Gasteiger partial charge >= 0.3 is 0 Å². The van der Waals surface area contributed by atoms with E-state index >= 15 is 0 Å². The van der Waals surface area contributed by atoms with E-state index < -0.39 is 0 Å². The Balaban J connectivity index is 2.34. The average Bonchev–Trinajstić information content (AvgIpc) is 2.27. The second-order valence-electron chi connectivity index (χ2n) is 3.22. The molecule has 0 bridgehead atoms. The number of hydrogen-bond donors (Lipinski definition) is 0. The molecule has 0 radical (unpaired) electrons. The molecule has 0 saturated carbocycles. The van der Waals surface area contributed by atoms with Crippen molar-refractivity contribution in [3.05, 3.63) is 11.8 Å². The number of rotatable bonds is 0. The molecule has 3 heteroatoms. The van der Waals surface area contributed by atoms with Gasteiger partial charge < -0.3 is 4.74 Å². The number of aromatic nitrogens is 2. The van der Waals surface area contributed by atoms with Gasteiger partial charge in [0.1, 0.15) is 0 Å². The molecule has 0 fully saturated rings. The van der Waals surface area contributed by atoms with Crippen LogP contribution < -0.4 is 4.74 Å². The van der Waals surface area contributed by atoms with Gasteiger partial charge in [-0.1, -0.05) is 6.92 Å². The number of fused-ring (bicyclic) bond motifs is 1. The van der Waals surface area contributed by atoms with Crippen LogP contribution in [0.3, 0.4) is 0 Å². The van der Waals surface area contributed by atoms with E-state index in [4.69, 9.17) is 4.74 Å². The minimum atomic E-state index is 0.585. The SMILES string of the molecule is Cc1cc2n(n1)C[C@@H](C)CO2. The van der Waals surface area contributed by atoms with Crippen molar-refractivity contribution in [2.24, 2.45) is 5.92 Å². The summed E-state index contributed by atoms with van der Waals surface area (Å²) < 4.78 is 7.39. The molecule has 0 amide bonds. The quantitative estimate of drug-likeness (QED) is 0.559. The van der Waals surface area contributed by atoms with E-state index in [9.17, 15) is 0 Å². The molecule has 0 saturated heterocycles. The largest absolute Gasteiger partial charge is 0.477 e. The second kappa shape index (κ2) is 2.26. The summed E-state index contributed by atoms with van der Waals surface area (Å²) in [5.41, 5.74) is 1.04. The van der Waals surface area contributed by atoms with Gasteiger partial charge in [0.2, 0.25) is 5.88 Å². The van der Waals surface area contributed by atoms with E-state index in [2.05, 4.69) is 12.0 Å². The van der Waals surface area contributed by atoms with E-state index in [0.29, 0.717) is 5.92 Å². The van der Waals surface area contributed by atoms with Gasteiger partial charge in [-0.05, 0) is 6.92 Å². The fraction of sp³-hybridized carbons (Fsp3) is 0.625. The molecule has 1 aliphatic rings. The summed E-state index contributed by atoms with van der Waals surface area (Å²) in [5, 5.41) is 4.29. The molecule has 0 N–H and O–H groups in total. The summed E-state index contributed by atoms with van der Waals surface area (Å²) in [6.45, 7) is 5.97. The van der Waals surface area contributed by atoms with E-state index in [0.717, 1.165) is 24.7 Å². The van der Waals surface area contributed by atoms with Gasteiger partial charge in [0, 0.05) is 12.0 Å². The highest BCUT2D eigenvalue weighted by Crippen LogP contribution is 2.20. The monoisotopic (exact) mass is 152 g/mol. The molecule has 11 heavy (non-hydrogen) atoms. The minimum Gasteiger partial charge on any atom is -0.477 e. The van der Waals surface area contributed by atoms with Crippen LogP contribution in [0, 0.1) is 12.8 Å². The maximum atomic E-state index is 5.46. The minimum absolute atomic E-state index is 0.585. The molecule has 1 atom stereocenters. The van der Waals surface area contributed by atoms with Crippen molar-refractivity contribution >= 4 is 0 Å². The van der Waals surface area contributed by atoms with Crippen molar-refractivity contribution in [3.8, 4) is 5.88 Å². The van der Waals surface area contributed by atoms with Crippen LogP contribution in [0.4, 0.5) is 0 Å². The van der Waals surface area contributed by atoms with E-state index in [-0.39, 0.29) is 0 Å². The standard InChI is InChI=1S/C8H12N2O/c1-6-4-10-8(11-5-6)3-7(2)9-10/h3,6H,4-5H2,1-2H3/t6-/m1/s1. The van der Waals surface area contributed by atoms with Crippen molar-refractivity contribution in [2.75, 3.05) is 6.61 Å². The summed E-state index contributed by atoms with van der Waals surface area (Å²) in [4.78, 5) is 0. The molecule has 1 aliphatic heterocycles. The zero-order valence-corrected chi connectivity index (χ0v) is 6.87. The number of ether oxygens (including phenoxy) is 1. The lowest BCUT2D eigenvalue weighted by Gasteiger charge is -2.20. The Labute approximate surface area is 66.0 Å². The third kappa shape index (κ3) is 1.11. The zero-order chi connectivity index (χ0) is 7.84. The predicted octanol–water partition coefficient (Wildman–Crippen LogP) is 1.22. The molecule has 0 aliphatic carbocycles. The van der Waals surface area contributed by atoms with Crippen molar-refractivity contribution in [1.29, 1.82) is 0 Å². The summed E-state index contributed by atoms with van der Waals surface area (Å²) in [5.74, 6) is 1.50. The molecular weight excluding hydrogens is 140 g/mol. The Hall–Kier alpha value is -0.990. The number of nitrogens with zero attached hydrogens (tertiary/aromatic N) is 2. The maximum Gasteiger partial charge on any atom is 0.211 e. The van der Waals surface area contributed by atoms with Gasteiger partial charge in [0.15, 0.2) is 0 Å². The van der Waals surface area contributed by atoms with Crippen molar-refractivity contribution in [2.45, 2.75) is 20.4 Å². The van der Waals surface area contributed by atoms with Gasteiger partial charge in [-0.25, -0.2) is 4.68 Å². The summed E-state index contributed by atoms with van der Waals surface area (Å²) in [6, 6.07) is 1.98. The summed E-state index contributed by atoms with van der Waals surface area (Å²) in [6.07, 6.45) is 0. The second-order valence-corrected chi connectivity index (χ2v) is 3.22. The smallest absolute Gasteiger partial charge is 0.211 e. The molecule has 3 nitrogen and oxygen atoms in total. The van der Waals surface area contributed by atoms with Gasteiger partial charge in [-0.3, -0.25) is 0 Å². The average molecular weight is 152 g/mol. The number of hydrogen-bond acceptors (Lipinski definition) is 2. The molecule has 0 aromatic carbocycles. The zero-order valence-electron chi connectivity index (χ0n) is 6.87. The molecule has 0 spiro atoms. The van der Waals surface area contributed by atoms with Crippen molar-refractivity contribution < 1.29 is 4.74 Å². The fourth-order valence-corrected chi connectivity index (χ4v) is 1.34. The Kier molecular flexibility index (Phi) is 1.37. The first kappa shape index (κ1) is 6.70. The molecule has 2 heterocycles. The molecule has 1 aromatic heterocycles. The van der Waals surface area contributed by atoms with Gasteiger partial charge in [0.25, 0.3) is 0 Å². The Bertz CT molecular complexity index is 267. The van der Waals surface area contributed by atoms with Crippen LogP contribution in [-0.4, -0.2) is 16.4 Å². The summed E-state index contributed by atoms with van der Waals surface area (Å²) >= 11 is 0. The Morgan fingerprint density at radius 2 is 2.55 bits per heavy atom. The van der Waals surface area contributed by atoms with E-state index in [1.807, 2.05) is 17.7 Å². The lowest BCUT2D eigenvalue weighted by molar-refractivity contribution is 0.175. The Morgan fingerprint density at radius 3 is 3.36 bits per heavy atom. The first-order chi connectivity index (χ1) is 5.25.